The Balaban J connectivity index is 1.79. The van der Waals surface area contributed by atoms with Crippen molar-refractivity contribution in [2.45, 2.75) is 18.9 Å². The van der Waals surface area contributed by atoms with E-state index in [2.05, 4.69) is 47.6 Å². The number of hydrogen-bond donors (Lipinski definition) is 1. The van der Waals surface area contributed by atoms with Crippen molar-refractivity contribution in [2.75, 3.05) is 0 Å². The molecule has 0 aliphatic rings. The lowest BCUT2D eigenvalue weighted by Gasteiger charge is -2.12. The molecule has 0 bridgehead atoms. The molecule has 1 atom stereocenters. The number of rotatable bonds is 4. The van der Waals surface area contributed by atoms with Gasteiger partial charge < -0.3 is 5.73 Å². The lowest BCUT2D eigenvalue weighted by molar-refractivity contribution is 0.666. The van der Waals surface area contributed by atoms with E-state index in [1.54, 1.807) is 0 Å². The molecule has 2 aromatic carbocycles. The van der Waals surface area contributed by atoms with Crippen molar-refractivity contribution in [1.29, 1.82) is 0 Å². The van der Waals surface area contributed by atoms with E-state index in [0.717, 1.165) is 12.8 Å². The molecule has 20 heavy (non-hydrogen) atoms. The van der Waals surface area contributed by atoms with E-state index in [9.17, 15) is 0 Å². The molecule has 3 nitrogen and oxygen atoms in total. The van der Waals surface area contributed by atoms with Gasteiger partial charge in [0.15, 0.2) is 0 Å². The predicted octanol–water partition coefficient (Wildman–Crippen LogP) is 2.69. The summed E-state index contributed by atoms with van der Waals surface area (Å²) in [6.45, 7) is 0. The van der Waals surface area contributed by atoms with Crippen LogP contribution in [0.5, 0.6) is 0 Å². The van der Waals surface area contributed by atoms with Gasteiger partial charge in [-0.3, -0.25) is 4.68 Å². The maximum atomic E-state index is 6.30. The van der Waals surface area contributed by atoms with Crippen LogP contribution in [0.3, 0.4) is 0 Å². The highest BCUT2D eigenvalue weighted by Gasteiger charge is 2.09. The molecule has 3 aromatic rings. The third kappa shape index (κ3) is 2.73. The Morgan fingerprint density at radius 3 is 2.70 bits per heavy atom. The Labute approximate surface area is 119 Å². The molecule has 2 N–H and O–H groups in total. The first-order valence-corrected chi connectivity index (χ1v) is 6.92. The third-order valence-electron chi connectivity index (χ3n) is 3.62. The van der Waals surface area contributed by atoms with E-state index >= 15 is 0 Å². The molecule has 0 aliphatic carbocycles. The second-order valence-electron chi connectivity index (χ2n) is 5.33. The lowest BCUT2D eigenvalue weighted by atomic mass is 9.96. The maximum absolute atomic E-state index is 6.30. The highest BCUT2D eigenvalue weighted by molar-refractivity contribution is 5.85. The summed E-state index contributed by atoms with van der Waals surface area (Å²) in [4.78, 5) is 0. The summed E-state index contributed by atoms with van der Waals surface area (Å²) in [7, 11) is 1.93. The quantitative estimate of drug-likeness (QED) is 0.788. The molecule has 1 unspecified atom stereocenters. The van der Waals surface area contributed by atoms with E-state index in [1.165, 1.54) is 21.9 Å². The first kappa shape index (κ1) is 12.9. The van der Waals surface area contributed by atoms with Crippen LogP contribution in [0.2, 0.25) is 0 Å². The van der Waals surface area contributed by atoms with Crippen LogP contribution in [-0.2, 0) is 19.9 Å². The van der Waals surface area contributed by atoms with Crippen molar-refractivity contribution in [3.63, 3.8) is 0 Å². The van der Waals surface area contributed by atoms with E-state index in [0.29, 0.717) is 0 Å². The molecule has 0 spiro atoms. The lowest BCUT2D eigenvalue weighted by Crippen LogP contribution is -2.25. The smallest absolute Gasteiger partial charge is 0.0522 e. The molecule has 102 valence electrons. The van der Waals surface area contributed by atoms with Crippen LogP contribution in [0.25, 0.3) is 10.8 Å². The minimum Gasteiger partial charge on any atom is -0.327 e. The Bertz CT molecular complexity index is 710. The second-order valence-corrected chi connectivity index (χ2v) is 5.33. The second kappa shape index (κ2) is 5.47. The number of nitrogens with zero attached hydrogens (tertiary/aromatic N) is 2. The number of nitrogens with two attached hydrogens (primary N) is 1. The first-order valence-electron chi connectivity index (χ1n) is 6.92. The largest absolute Gasteiger partial charge is 0.327 e. The van der Waals surface area contributed by atoms with Crippen LogP contribution in [0, 0.1) is 0 Å². The van der Waals surface area contributed by atoms with Gasteiger partial charge in [0.1, 0.15) is 0 Å². The fourth-order valence-corrected chi connectivity index (χ4v) is 2.71. The van der Waals surface area contributed by atoms with Gasteiger partial charge in [0.25, 0.3) is 0 Å². The van der Waals surface area contributed by atoms with Crippen LogP contribution < -0.4 is 5.73 Å². The van der Waals surface area contributed by atoms with E-state index in [1.807, 2.05) is 24.1 Å². The normalized spacial score (nSPS) is 12.7. The molecule has 0 saturated heterocycles. The Kier molecular flexibility index (Phi) is 3.52. The van der Waals surface area contributed by atoms with Gasteiger partial charge in [-0.25, -0.2) is 0 Å². The molecule has 0 fully saturated rings. The van der Waals surface area contributed by atoms with Gasteiger partial charge in [-0.05, 0) is 34.7 Å². The van der Waals surface area contributed by atoms with Gasteiger partial charge >= 0.3 is 0 Å². The number of fused-ring (bicyclic) bond motifs is 1. The number of benzene rings is 2. The highest BCUT2D eigenvalue weighted by Crippen LogP contribution is 2.20. The SMILES string of the molecule is Cn1cc(CC(N)Cc2cccc3ccccc23)cn1. The van der Waals surface area contributed by atoms with Gasteiger partial charge in [-0.2, -0.15) is 5.10 Å². The minimum atomic E-state index is 0.116. The topological polar surface area (TPSA) is 43.8 Å². The van der Waals surface area contributed by atoms with Crippen molar-refractivity contribution < 1.29 is 0 Å². The fraction of sp³-hybridized carbons (Fsp3) is 0.235. The summed E-state index contributed by atoms with van der Waals surface area (Å²) in [5.74, 6) is 0. The average Bonchev–Trinajstić information content (AvgIpc) is 2.84. The zero-order chi connectivity index (χ0) is 13.9. The van der Waals surface area contributed by atoms with Crippen molar-refractivity contribution in [1.82, 2.24) is 9.78 Å². The molecule has 3 rings (SSSR count). The van der Waals surface area contributed by atoms with Crippen molar-refractivity contribution in [2.24, 2.45) is 12.8 Å². The summed E-state index contributed by atoms with van der Waals surface area (Å²) in [5, 5.41) is 6.77. The highest BCUT2D eigenvalue weighted by atomic mass is 15.2. The summed E-state index contributed by atoms with van der Waals surface area (Å²) in [6, 6.07) is 15.0. The van der Waals surface area contributed by atoms with Crippen molar-refractivity contribution >= 4 is 10.8 Å². The van der Waals surface area contributed by atoms with Gasteiger partial charge in [-0.1, -0.05) is 42.5 Å². The molecule has 1 heterocycles. The van der Waals surface area contributed by atoms with Gasteiger partial charge in [-0.15, -0.1) is 0 Å². The summed E-state index contributed by atoms with van der Waals surface area (Å²) < 4.78 is 1.82. The molecular weight excluding hydrogens is 246 g/mol. The number of hydrogen-bond acceptors (Lipinski definition) is 2. The molecular formula is C17H19N3. The van der Waals surface area contributed by atoms with Crippen LogP contribution in [0.1, 0.15) is 11.1 Å². The Hall–Kier alpha value is -2.13. The molecule has 3 heteroatoms. The van der Waals surface area contributed by atoms with E-state index in [4.69, 9.17) is 5.73 Å². The molecule has 0 saturated carbocycles. The number of aromatic nitrogens is 2. The molecule has 0 amide bonds. The van der Waals surface area contributed by atoms with Crippen LogP contribution in [-0.4, -0.2) is 15.8 Å². The summed E-state index contributed by atoms with van der Waals surface area (Å²) >= 11 is 0. The fourth-order valence-electron chi connectivity index (χ4n) is 2.71. The Morgan fingerprint density at radius 1 is 1.10 bits per heavy atom. The van der Waals surface area contributed by atoms with E-state index < -0.39 is 0 Å². The van der Waals surface area contributed by atoms with E-state index in [-0.39, 0.29) is 6.04 Å². The van der Waals surface area contributed by atoms with Gasteiger partial charge in [0.2, 0.25) is 0 Å². The van der Waals surface area contributed by atoms with Gasteiger partial charge in [0.05, 0.1) is 6.20 Å². The van der Waals surface area contributed by atoms with Crippen LogP contribution >= 0.6 is 0 Å². The first-order chi connectivity index (χ1) is 9.72. The zero-order valence-electron chi connectivity index (χ0n) is 11.7. The standard InChI is InChI=1S/C17H19N3/c1-20-12-13(11-19-20)9-16(18)10-15-7-4-6-14-5-2-3-8-17(14)15/h2-8,11-12,16H,9-10,18H2,1H3. The molecule has 0 aliphatic heterocycles. The molecule has 1 aromatic heterocycles. The Morgan fingerprint density at radius 2 is 1.90 bits per heavy atom. The summed E-state index contributed by atoms with van der Waals surface area (Å²) in [5.41, 5.74) is 8.81. The third-order valence-corrected chi connectivity index (χ3v) is 3.62. The number of aryl methyl sites for hydroxylation is 1. The zero-order valence-corrected chi connectivity index (χ0v) is 11.7. The minimum absolute atomic E-state index is 0.116. The van der Waals surface area contributed by atoms with Gasteiger partial charge in [0, 0.05) is 19.3 Å². The average molecular weight is 265 g/mol. The maximum Gasteiger partial charge on any atom is 0.0522 e. The van der Waals surface area contributed by atoms with Crippen LogP contribution in [0.4, 0.5) is 0 Å². The van der Waals surface area contributed by atoms with Crippen LogP contribution in [0.15, 0.2) is 54.9 Å². The van der Waals surface area contributed by atoms with Crippen molar-refractivity contribution in [3.05, 3.63) is 66.0 Å². The monoisotopic (exact) mass is 265 g/mol. The summed E-state index contributed by atoms with van der Waals surface area (Å²) in [6.07, 6.45) is 5.67. The predicted molar refractivity (Wildman–Crippen MR) is 82.5 cm³/mol. The molecule has 0 radical (unpaired) electrons. The van der Waals surface area contributed by atoms with Crippen molar-refractivity contribution in [3.8, 4) is 0 Å².